The van der Waals surface area contributed by atoms with Crippen molar-refractivity contribution in [3.8, 4) is 0 Å². The molecular formula is C23H28ClN3O3S. The Morgan fingerprint density at radius 2 is 1.68 bits per heavy atom. The molecule has 0 aliphatic heterocycles. The number of nitrogens with zero attached hydrogens (tertiary/aromatic N) is 3. The third-order valence-electron chi connectivity index (χ3n) is 4.82. The standard InChI is InChI=1S/C23H27N3O3S.ClH/c1-15-13-16(2)20-19(14-15)24-23(30-20)26(12-6-11-25(3)4)21(27)17-7-9-18(10-8-17)22(28)29-5;/h7-10,13-14H,6,11-12H2,1-5H3;1H. The van der Waals surface area contributed by atoms with E-state index in [-0.39, 0.29) is 18.3 Å². The molecule has 0 spiro atoms. The molecule has 0 unspecified atom stereocenters. The maximum absolute atomic E-state index is 13.4. The fourth-order valence-electron chi connectivity index (χ4n) is 3.33. The number of aromatic nitrogens is 1. The van der Waals surface area contributed by atoms with Crippen LogP contribution >= 0.6 is 23.7 Å². The highest BCUT2D eigenvalue weighted by atomic mass is 35.5. The van der Waals surface area contributed by atoms with E-state index >= 15 is 0 Å². The number of hydrogen-bond donors (Lipinski definition) is 0. The number of fused-ring (bicyclic) bond motifs is 1. The normalized spacial score (nSPS) is 10.8. The van der Waals surface area contributed by atoms with Crippen molar-refractivity contribution in [2.24, 2.45) is 0 Å². The van der Waals surface area contributed by atoms with Crippen molar-refractivity contribution >= 4 is 51.0 Å². The van der Waals surface area contributed by atoms with Crippen LogP contribution in [0.15, 0.2) is 36.4 Å². The summed E-state index contributed by atoms with van der Waals surface area (Å²) in [5.74, 6) is -0.549. The predicted octanol–water partition coefficient (Wildman–Crippen LogP) is 4.72. The van der Waals surface area contributed by atoms with Gasteiger partial charge in [0.2, 0.25) is 0 Å². The number of rotatable bonds is 7. The number of benzene rings is 2. The molecule has 0 saturated heterocycles. The van der Waals surface area contributed by atoms with Gasteiger partial charge in [-0.1, -0.05) is 17.4 Å². The zero-order chi connectivity index (χ0) is 21.8. The number of carbonyl (C=O) groups is 2. The average molecular weight is 462 g/mol. The Labute approximate surface area is 193 Å². The molecule has 0 aliphatic rings. The van der Waals surface area contributed by atoms with Gasteiger partial charge in [0, 0.05) is 12.1 Å². The Morgan fingerprint density at radius 3 is 2.29 bits per heavy atom. The van der Waals surface area contributed by atoms with Crippen LogP contribution in [-0.2, 0) is 4.74 Å². The first kappa shape index (κ1) is 24.8. The van der Waals surface area contributed by atoms with Gasteiger partial charge < -0.3 is 9.64 Å². The first-order valence-corrected chi connectivity index (χ1v) is 10.6. The van der Waals surface area contributed by atoms with Crippen molar-refractivity contribution in [3.63, 3.8) is 0 Å². The Balaban J connectivity index is 0.00000341. The summed E-state index contributed by atoms with van der Waals surface area (Å²) in [7, 11) is 5.37. The summed E-state index contributed by atoms with van der Waals surface area (Å²) < 4.78 is 5.84. The molecule has 3 aromatic rings. The van der Waals surface area contributed by atoms with Gasteiger partial charge in [-0.05, 0) is 82.4 Å². The largest absolute Gasteiger partial charge is 0.465 e. The second-order valence-electron chi connectivity index (χ2n) is 7.61. The summed E-state index contributed by atoms with van der Waals surface area (Å²) in [4.78, 5) is 33.7. The number of aryl methyl sites for hydroxylation is 2. The van der Waals surface area contributed by atoms with Gasteiger partial charge in [0.05, 0.1) is 22.9 Å². The van der Waals surface area contributed by atoms with E-state index in [4.69, 9.17) is 9.72 Å². The van der Waals surface area contributed by atoms with Gasteiger partial charge in [-0.3, -0.25) is 9.69 Å². The number of hydrogen-bond acceptors (Lipinski definition) is 6. The molecule has 0 radical (unpaired) electrons. The van der Waals surface area contributed by atoms with Crippen molar-refractivity contribution in [1.29, 1.82) is 0 Å². The molecule has 8 heteroatoms. The Bertz CT molecular complexity index is 1060. The minimum absolute atomic E-state index is 0. The lowest BCUT2D eigenvalue weighted by Crippen LogP contribution is -2.33. The smallest absolute Gasteiger partial charge is 0.337 e. The molecule has 166 valence electrons. The summed E-state index contributed by atoms with van der Waals surface area (Å²) >= 11 is 1.54. The third kappa shape index (κ3) is 5.81. The van der Waals surface area contributed by atoms with Gasteiger partial charge in [-0.15, -0.1) is 12.4 Å². The molecular weight excluding hydrogens is 434 g/mol. The second kappa shape index (κ2) is 10.7. The van der Waals surface area contributed by atoms with Crippen LogP contribution in [0.25, 0.3) is 10.2 Å². The van der Waals surface area contributed by atoms with Gasteiger partial charge >= 0.3 is 5.97 Å². The van der Waals surface area contributed by atoms with Crippen molar-refractivity contribution in [1.82, 2.24) is 9.88 Å². The number of anilines is 1. The van der Waals surface area contributed by atoms with Crippen molar-refractivity contribution in [2.45, 2.75) is 20.3 Å². The van der Waals surface area contributed by atoms with Crippen molar-refractivity contribution in [2.75, 3.05) is 39.2 Å². The van der Waals surface area contributed by atoms with E-state index in [2.05, 4.69) is 24.0 Å². The molecule has 0 bridgehead atoms. The Morgan fingerprint density at radius 1 is 1.03 bits per heavy atom. The highest BCUT2D eigenvalue weighted by Crippen LogP contribution is 2.33. The van der Waals surface area contributed by atoms with Crippen LogP contribution in [0.5, 0.6) is 0 Å². The van der Waals surface area contributed by atoms with Crippen LogP contribution < -0.4 is 4.90 Å². The van der Waals surface area contributed by atoms with E-state index in [1.165, 1.54) is 7.11 Å². The minimum atomic E-state index is -0.422. The molecule has 0 atom stereocenters. The molecule has 0 N–H and O–H groups in total. The van der Waals surface area contributed by atoms with E-state index in [0.29, 0.717) is 22.8 Å². The lowest BCUT2D eigenvalue weighted by Gasteiger charge is -2.21. The number of carbonyl (C=O) groups excluding carboxylic acids is 2. The molecule has 0 saturated carbocycles. The van der Waals surface area contributed by atoms with E-state index in [1.807, 2.05) is 21.0 Å². The van der Waals surface area contributed by atoms with Gasteiger partial charge in [0.1, 0.15) is 0 Å². The van der Waals surface area contributed by atoms with E-state index in [1.54, 1.807) is 40.5 Å². The van der Waals surface area contributed by atoms with Gasteiger partial charge in [-0.25, -0.2) is 9.78 Å². The number of ether oxygens (including phenoxy) is 1. The first-order valence-electron chi connectivity index (χ1n) is 9.83. The number of methoxy groups -OCH3 is 1. The van der Waals surface area contributed by atoms with E-state index < -0.39 is 5.97 Å². The lowest BCUT2D eigenvalue weighted by molar-refractivity contribution is 0.0600. The summed E-state index contributed by atoms with van der Waals surface area (Å²) in [6.07, 6.45) is 0.826. The average Bonchev–Trinajstić information content (AvgIpc) is 3.14. The summed E-state index contributed by atoms with van der Waals surface area (Å²) in [6, 6.07) is 10.7. The zero-order valence-electron chi connectivity index (χ0n) is 18.5. The topological polar surface area (TPSA) is 62.7 Å². The molecule has 1 heterocycles. The molecule has 6 nitrogen and oxygen atoms in total. The fraction of sp³-hybridized carbons (Fsp3) is 0.348. The molecule has 1 aromatic heterocycles. The van der Waals surface area contributed by atoms with Crippen molar-refractivity contribution in [3.05, 3.63) is 58.7 Å². The summed E-state index contributed by atoms with van der Waals surface area (Å²) in [5.41, 5.74) is 4.16. The van der Waals surface area contributed by atoms with Crippen LogP contribution in [0, 0.1) is 13.8 Å². The number of amides is 1. The summed E-state index contributed by atoms with van der Waals surface area (Å²) in [6.45, 7) is 5.55. The number of esters is 1. The fourth-order valence-corrected chi connectivity index (χ4v) is 4.37. The molecule has 1 amide bonds. The van der Waals surface area contributed by atoms with Crippen LogP contribution in [0.1, 0.15) is 38.3 Å². The highest BCUT2D eigenvalue weighted by molar-refractivity contribution is 7.22. The predicted molar refractivity (Wildman–Crippen MR) is 129 cm³/mol. The van der Waals surface area contributed by atoms with Crippen molar-refractivity contribution < 1.29 is 14.3 Å². The third-order valence-corrected chi connectivity index (χ3v) is 6.05. The highest BCUT2D eigenvalue weighted by Gasteiger charge is 2.22. The van der Waals surface area contributed by atoms with Crippen LogP contribution in [0.2, 0.25) is 0 Å². The van der Waals surface area contributed by atoms with Gasteiger partial charge in [0.25, 0.3) is 5.91 Å². The minimum Gasteiger partial charge on any atom is -0.465 e. The van der Waals surface area contributed by atoms with E-state index in [0.717, 1.165) is 34.3 Å². The van der Waals surface area contributed by atoms with Gasteiger partial charge in [0.15, 0.2) is 5.13 Å². The Hall–Kier alpha value is -2.48. The molecule has 0 fully saturated rings. The Kier molecular flexibility index (Phi) is 8.56. The molecule has 3 rings (SSSR count). The lowest BCUT2D eigenvalue weighted by atomic mass is 10.1. The van der Waals surface area contributed by atoms with Crippen LogP contribution in [0.3, 0.4) is 0 Å². The molecule has 0 aliphatic carbocycles. The molecule has 31 heavy (non-hydrogen) atoms. The van der Waals surface area contributed by atoms with Gasteiger partial charge in [-0.2, -0.15) is 0 Å². The zero-order valence-corrected chi connectivity index (χ0v) is 20.1. The van der Waals surface area contributed by atoms with Crippen LogP contribution in [-0.4, -0.2) is 56.1 Å². The maximum atomic E-state index is 13.4. The maximum Gasteiger partial charge on any atom is 0.337 e. The van der Waals surface area contributed by atoms with E-state index in [9.17, 15) is 9.59 Å². The second-order valence-corrected chi connectivity index (χ2v) is 8.59. The monoisotopic (exact) mass is 461 g/mol. The SMILES string of the molecule is COC(=O)c1ccc(C(=O)N(CCCN(C)C)c2nc3cc(C)cc(C)c3s2)cc1.Cl. The molecule has 2 aromatic carbocycles. The summed E-state index contributed by atoms with van der Waals surface area (Å²) in [5, 5.41) is 0.694. The quantitative estimate of drug-likeness (QED) is 0.476. The first-order chi connectivity index (χ1) is 14.3. The van der Waals surface area contributed by atoms with Crippen LogP contribution in [0.4, 0.5) is 5.13 Å². The number of halogens is 1. The number of thiazole rings is 1.